The zero-order valence-corrected chi connectivity index (χ0v) is 19.7. The second-order valence-electron chi connectivity index (χ2n) is 9.59. The normalized spacial score (nSPS) is 18.9. The number of ether oxygens (including phenoxy) is 1. The molecule has 0 unspecified atom stereocenters. The molecule has 2 fully saturated rings. The highest BCUT2D eigenvalue weighted by Crippen LogP contribution is 2.40. The van der Waals surface area contributed by atoms with E-state index in [9.17, 15) is 9.18 Å². The minimum Gasteiger partial charge on any atom is -0.494 e. The van der Waals surface area contributed by atoms with E-state index >= 15 is 0 Å². The number of halogens is 1. The van der Waals surface area contributed by atoms with Crippen LogP contribution in [0.25, 0.3) is 0 Å². The van der Waals surface area contributed by atoms with E-state index < -0.39 is 5.41 Å². The minimum atomic E-state index is -0.589. The molecular formula is C28H37FN2O2. The smallest absolute Gasteiger partial charge is 0.235 e. The number of anilines is 1. The number of likely N-dealkylation sites (tertiary alicyclic amines) is 1. The highest BCUT2D eigenvalue weighted by molar-refractivity contribution is 5.99. The van der Waals surface area contributed by atoms with Crippen LogP contribution in [0.3, 0.4) is 0 Å². The van der Waals surface area contributed by atoms with Crippen LogP contribution in [-0.2, 0) is 10.2 Å². The molecule has 0 radical (unpaired) electrons. The highest BCUT2D eigenvalue weighted by atomic mass is 19.1. The lowest BCUT2D eigenvalue weighted by Crippen LogP contribution is -2.42. The van der Waals surface area contributed by atoms with Crippen LogP contribution in [0.1, 0.15) is 69.8 Å². The maximum atomic E-state index is 13.5. The molecule has 4 rings (SSSR count). The van der Waals surface area contributed by atoms with Crippen LogP contribution in [0, 0.1) is 5.82 Å². The summed E-state index contributed by atoms with van der Waals surface area (Å²) in [6.45, 7) is 4.23. The summed E-state index contributed by atoms with van der Waals surface area (Å²) in [5.41, 5.74) is 1.09. The number of nitrogens with one attached hydrogen (secondary N) is 1. The molecule has 2 aromatic rings. The SMILES string of the molecule is O=C(Nc1ccc(OCCCN2CCCCCC2)cc1)C1(c2ccc(F)cc2)CCCCC1. The van der Waals surface area contributed by atoms with Crippen molar-refractivity contribution in [3.8, 4) is 5.75 Å². The van der Waals surface area contributed by atoms with Crippen LogP contribution in [-0.4, -0.2) is 37.0 Å². The molecule has 5 heteroatoms. The molecule has 1 aliphatic heterocycles. The van der Waals surface area contributed by atoms with Crippen LogP contribution in [0.5, 0.6) is 5.75 Å². The van der Waals surface area contributed by atoms with Crippen molar-refractivity contribution in [1.29, 1.82) is 0 Å². The fraction of sp³-hybridized carbons (Fsp3) is 0.536. The fourth-order valence-electron chi connectivity index (χ4n) is 5.29. The third-order valence-corrected chi connectivity index (χ3v) is 7.24. The Labute approximate surface area is 197 Å². The van der Waals surface area contributed by atoms with Crippen LogP contribution >= 0.6 is 0 Å². The van der Waals surface area contributed by atoms with Gasteiger partial charge in [0.15, 0.2) is 0 Å². The van der Waals surface area contributed by atoms with Gasteiger partial charge < -0.3 is 15.0 Å². The Hall–Kier alpha value is -2.40. The molecular weight excluding hydrogens is 415 g/mol. The molecule has 33 heavy (non-hydrogen) atoms. The number of carbonyl (C=O) groups excluding carboxylic acids is 1. The van der Waals surface area contributed by atoms with Gasteiger partial charge in [-0.05, 0) is 87.2 Å². The van der Waals surface area contributed by atoms with E-state index in [0.29, 0.717) is 6.61 Å². The van der Waals surface area contributed by atoms with Crippen LogP contribution < -0.4 is 10.1 Å². The number of hydrogen-bond acceptors (Lipinski definition) is 3. The second kappa shape index (κ2) is 11.6. The summed E-state index contributed by atoms with van der Waals surface area (Å²) in [7, 11) is 0. The summed E-state index contributed by atoms with van der Waals surface area (Å²) in [4.78, 5) is 16.0. The zero-order chi connectivity index (χ0) is 22.9. The van der Waals surface area contributed by atoms with Crippen molar-refractivity contribution in [3.05, 3.63) is 59.9 Å². The first-order valence-electron chi connectivity index (χ1n) is 12.7. The summed E-state index contributed by atoms with van der Waals surface area (Å²) >= 11 is 0. The minimum absolute atomic E-state index is 0.0000681. The molecule has 1 N–H and O–H groups in total. The summed E-state index contributed by atoms with van der Waals surface area (Å²) in [6.07, 6.45) is 11.1. The topological polar surface area (TPSA) is 41.6 Å². The number of carbonyl (C=O) groups is 1. The fourth-order valence-corrected chi connectivity index (χ4v) is 5.29. The Morgan fingerprint density at radius 2 is 1.52 bits per heavy atom. The van der Waals surface area contributed by atoms with Gasteiger partial charge in [-0.25, -0.2) is 4.39 Å². The van der Waals surface area contributed by atoms with Crippen molar-refractivity contribution in [2.45, 2.75) is 69.6 Å². The van der Waals surface area contributed by atoms with Gasteiger partial charge in [-0.15, -0.1) is 0 Å². The molecule has 0 atom stereocenters. The number of amides is 1. The molecule has 1 saturated carbocycles. The van der Waals surface area contributed by atoms with Crippen LogP contribution in [0.15, 0.2) is 48.5 Å². The predicted octanol–water partition coefficient (Wildman–Crippen LogP) is 6.31. The molecule has 2 aliphatic rings. The molecule has 0 bridgehead atoms. The maximum Gasteiger partial charge on any atom is 0.235 e. The molecule has 178 valence electrons. The van der Waals surface area contributed by atoms with Crippen molar-refractivity contribution in [2.75, 3.05) is 31.6 Å². The Bertz CT molecular complexity index is 868. The Kier molecular flexibility index (Phi) is 8.38. The maximum absolute atomic E-state index is 13.5. The highest BCUT2D eigenvalue weighted by Gasteiger charge is 2.41. The summed E-state index contributed by atoms with van der Waals surface area (Å²) in [5, 5.41) is 3.11. The molecule has 4 nitrogen and oxygen atoms in total. The van der Waals surface area contributed by atoms with E-state index in [4.69, 9.17) is 4.74 Å². The van der Waals surface area contributed by atoms with E-state index in [2.05, 4.69) is 10.2 Å². The van der Waals surface area contributed by atoms with Gasteiger partial charge in [-0.1, -0.05) is 44.2 Å². The predicted molar refractivity (Wildman–Crippen MR) is 131 cm³/mol. The average Bonchev–Trinajstić information content (AvgIpc) is 3.12. The molecule has 0 aromatic heterocycles. The largest absolute Gasteiger partial charge is 0.494 e. The van der Waals surface area contributed by atoms with Gasteiger partial charge in [-0.3, -0.25) is 4.79 Å². The van der Waals surface area contributed by atoms with Crippen molar-refractivity contribution < 1.29 is 13.9 Å². The standard InChI is InChI=1S/C28H37FN2O2/c29-24-11-9-23(10-12-24)28(17-4-3-5-18-28)27(32)30-25-13-15-26(16-14-25)33-22-8-21-31-19-6-1-2-7-20-31/h9-16H,1-8,17-22H2,(H,30,32). The van der Waals surface area contributed by atoms with E-state index in [0.717, 1.165) is 62.1 Å². The molecule has 1 saturated heterocycles. The Morgan fingerprint density at radius 1 is 0.879 bits per heavy atom. The van der Waals surface area contributed by atoms with Crippen molar-refractivity contribution in [1.82, 2.24) is 4.90 Å². The van der Waals surface area contributed by atoms with Crippen molar-refractivity contribution >= 4 is 11.6 Å². The Morgan fingerprint density at radius 3 is 2.18 bits per heavy atom. The number of benzene rings is 2. The van der Waals surface area contributed by atoms with Gasteiger partial charge in [0.1, 0.15) is 11.6 Å². The van der Waals surface area contributed by atoms with Gasteiger partial charge >= 0.3 is 0 Å². The molecule has 1 amide bonds. The summed E-state index contributed by atoms with van der Waals surface area (Å²) in [5.74, 6) is 0.557. The van der Waals surface area contributed by atoms with Gasteiger partial charge in [0.25, 0.3) is 0 Å². The number of nitrogens with zero attached hydrogens (tertiary/aromatic N) is 1. The quantitative estimate of drug-likeness (QED) is 0.477. The first kappa shape index (κ1) is 23.7. The molecule has 1 heterocycles. The first-order valence-corrected chi connectivity index (χ1v) is 12.7. The van der Waals surface area contributed by atoms with Gasteiger partial charge in [0.2, 0.25) is 5.91 Å². The van der Waals surface area contributed by atoms with E-state index in [1.165, 1.54) is 50.9 Å². The van der Waals surface area contributed by atoms with E-state index in [1.54, 1.807) is 12.1 Å². The van der Waals surface area contributed by atoms with Crippen molar-refractivity contribution in [2.24, 2.45) is 0 Å². The van der Waals surface area contributed by atoms with Crippen molar-refractivity contribution in [3.63, 3.8) is 0 Å². The number of rotatable bonds is 8. The van der Waals surface area contributed by atoms with E-state index in [-0.39, 0.29) is 11.7 Å². The van der Waals surface area contributed by atoms with Crippen LogP contribution in [0.2, 0.25) is 0 Å². The summed E-state index contributed by atoms with van der Waals surface area (Å²) < 4.78 is 19.4. The molecule has 1 aliphatic carbocycles. The van der Waals surface area contributed by atoms with Gasteiger partial charge in [-0.2, -0.15) is 0 Å². The third kappa shape index (κ3) is 6.35. The lowest BCUT2D eigenvalue weighted by atomic mass is 9.68. The van der Waals surface area contributed by atoms with Gasteiger partial charge in [0.05, 0.1) is 12.0 Å². The monoisotopic (exact) mass is 452 g/mol. The third-order valence-electron chi connectivity index (χ3n) is 7.24. The second-order valence-corrected chi connectivity index (χ2v) is 9.59. The lowest BCUT2D eigenvalue weighted by molar-refractivity contribution is -0.122. The molecule has 2 aromatic carbocycles. The summed E-state index contributed by atoms with van der Waals surface area (Å²) in [6, 6.07) is 14.1. The Balaban J connectivity index is 1.30. The van der Waals surface area contributed by atoms with Gasteiger partial charge in [0, 0.05) is 12.2 Å². The first-order chi connectivity index (χ1) is 16.2. The average molecular weight is 453 g/mol. The van der Waals surface area contributed by atoms with Crippen LogP contribution in [0.4, 0.5) is 10.1 Å². The lowest BCUT2D eigenvalue weighted by Gasteiger charge is -2.36. The zero-order valence-electron chi connectivity index (χ0n) is 19.7. The molecule has 0 spiro atoms. The number of hydrogen-bond donors (Lipinski definition) is 1. The van der Waals surface area contributed by atoms with E-state index in [1.807, 2.05) is 24.3 Å².